The van der Waals surface area contributed by atoms with E-state index in [1.54, 1.807) is 6.08 Å². The van der Waals surface area contributed by atoms with Crippen LogP contribution in [0.1, 0.15) is 335 Å². The Bertz CT molecular complexity index is 1150. The molecule has 0 radical (unpaired) electrons. The van der Waals surface area contributed by atoms with Crippen molar-refractivity contribution in [3.05, 3.63) is 12.2 Å². The molecule has 1 heterocycles. The van der Waals surface area contributed by atoms with E-state index in [1.807, 2.05) is 6.08 Å². The zero-order chi connectivity index (χ0) is 52.9. The molecule has 0 saturated carbocycles. The number of hydrogen-bond donors (Lipinski definition) is 6. The number of carbonyl (C=O) groups is 1. The molecule has 7 unspecified atom stereocenters. The van der Waals surface area contributed by atoms with Crippen molar-refractivity contribution in [2.75, 3.05) is 13.2 Å². The summed E-state index contributed by atoms with van der Waals surface area (Å²) in [6, 6.07) is -0.801. The molecule has 0 bridgehead atoms. The van der Waals surface area contributed by atoms with Crippen molar-refractivity contribution in [3.63, 3.8) is 0 Å². The van der Waals surface area contributed by atoms with Crippen molar-refractivity contribution >= 4 is 5.91 Å². The number of aliphatic hydroxyl groups is 5. The Hall–Kier alpha value is -1.07. The van der Waals surface area contributed by atoms with Crippen molar-refractivity contribution in [3.8, 4) is 0 Å². The average molecular weight is 1040 g/mol. The minimum absolute atomic E-state index is 0.168. The molecule has 0 aromatic heterocycles. The van der Waals surface area contributed by atoms with Crippen molar-refractivity contribution in [2.24, 2.45) is 0 Å². The third-order valence-electron chi connectivity index (χ3n) is 15.9. The summed E-state index contributed by atoms with van der Waals surface area (Å²) in [7, 11) is 0. The molecule has 9 heteroatoms. The number of aliphatic hydroxyl groups excluding tert-OH is 5. The number of allylic oxidation sites excluding steroid dienone is 1. The first kappa shape index (κ1) is 69.9. The highest BCUT2D eigenvalue weighted by atomic mass is 16.7. The second-order valence-corrected chi connectivity index (χ2v) is 22.9. The molecule has 1 fully saturated rings. The standard InChI is InChI=1S/C64H125NO8/c1-3-5-7-9-11-13-15-17-19-21-23-25-26-27-28-29-30-31-32-34-35-37-39-41-43-45-47-49-51-53-58(67)57(56-72-64-63(71)62(70)61(69)59(55-66)73-64)65-60(68)54-52-50-48-46-44-42-40-38-36-33-24-22-20-18-16-14-12-10-8-6-4-2/h51,53,57-59,61-64,66-67,69-71H,3-50,52,54-56H2,1-2H3,(H,65,68)/b53-51+. The maximum Gasteiger partial charge on any atom is 0.220 e. The number of nitrogens with one attached hydrogen (secondary N) is 1. The predicted molar refractivity (Wildman–Crippen MR) is 309 cm³/mol. The molecule has 0 aromatic rings. The summed E-state index contributed by atoms with van der Waals surface area (Å²) < 4.78 is 11.3. The Morgan fingerprint density at radius 1 is 0.452 bits per heavy atom. The summed E-state index contributed by atoms with van der Waals surface area (Å²) >= 11 is 0. The van der Waals surface area contributed by atoms with Gasteiger partial charge in [0.15, 0.2) is 6.29 Å². The Kier molecular flexibility index (Phi) is 52.0. The number of carbonyl (C=O) groups excluding carboxylic acids is 1. The summed E-state index contributed by atoms with van der Waals surface area (Å²) in [5.41, 5.74) is 0. The lowest BCUT2D eigenvalue weighted by Gasteiger charge is -2.40. The zero-order valence-electron chi connectivity index (χ0n) is 48.4. The number of ether oxygens (including phenoxy) is 2. The number of hydrogen-bond acceptors (Lipinski definition) is 8. The van der Waals surface area contributed by atoms with E-state index in [-0.39, 0.29) is 12.5 Å². The quantitative estimate of drug-likeness (QED) is 0.0261. The van der Waals surface area contributed by atoms with Gasteiger partial charge in [0.2, 0.25) is 5.91 Å². The number of unbranched alkanes of at least 4 members (excludes halogenated alkanes) is 47. The smallest absolute Gasteiger partial charge is 0.220 e. The van der Waals surface area contributed by atoms with E-state index in [1.165, 1.54) is 276 Å². The van der Waals surface area contributed by atoms with E-state index in [0.29, 0.717) is 6.42 Å². The van der Waals surface area contributed by atoms with Gasteiger partial charge in [0.1, 0.15) is 24.4 Å². The third kappa shape index (κ3) is 43.6. The summed E-state index contributed by atoms with van der Waals surface area (Å²) in [5.74, 6) is -0.168. The van der Waals surface area contributed by atoms with Crippen LogP contribution in [0.3, 0.4) is 0 Å². The fourth-order valence-corrected chi connectivity index (χ4v) is 10.8. The van der Waals surface area contributed by atoms with Crippen molar-refractivity contribution < 1.29 is 39.8 Å². The van der Waals surface area contributed by atoms with E-state index >= 15 is 0 Å². The van der Waals surface area contributed by atoms with E-state index in [9.17, 15) is 30.3 Å². The minimum Gasteiger partial charge on any atom is -0.394 e. The highest BCUT2D eigenvalue weighted by Gasteiger charge is 2.44. The normalized spacial score (nSPS) is 19.0. The molecule has 73 heavy (non-hydrogen) atoms. The highest BCUT2D eigenvalue weighted by Crippen LogP contribution is 2.23. The first-order valence-electron chi connectivity index (χ1n) is 32.4. The van der Waals surface area contributed by atoms with Gasteiger partial charge in [-0.05, 0) is 19.3 Å². The maximum atomic E-state index is 13.1. The van der Waals surface area contributed by atoms with Crippen LogP contribution in [-0.4, -0.2) is 87.5 Å². The highest BCUT2D eigenvalue weighted by molar-refractivity contribution is 5.76. The molecule has 1 saturated heterocycles. The van der Waals surface area contributed by atoms with Crippen molar-refractivity contribution in [2.45, 2.75) is 378 Å². The largest absolute Gasteiger partial charge is 0.394 e. The zero-order valence-corrected chi connectivity index (χ0v) is 48.4. The van der Waals surface area contributed by atoms with Crippen molar-refractivity contribution in [1.29, 1.82) is 0 Å². The Morgan fingerprint density at radius 2 is 0.753 bits per heavy atom. The fraction of sp³-hybridized carbons (Fsp3) is 0.953. The predicted octanol–water partition coefficient (Wildman–Crippen LogP) is 16.7. The molecule has 0 aliphatic carbocycles. The minimum atomic E-state index is -1.56. The average Bonchev–Trinajstić information content (AvgIpc) is 3.39. The molecule has 0 aromatic carbocycles. The Labute approximate surface area is 452 Å². The van der Waals surface area contributed by atoms with Crippen LogP contribution in [0.2, 0.25) is 0 Å². The SMILES string of the molecule is CCCCCCCCCCCCCCCCCCCCCCCCCCCCC/C=C/C(O)C(COC1OC(CO)C(O)C(O)C1O)NC(=O)CCCCCCCCCCCCCCCCCCCCCCC. The van der Waals surface area contributed by atoms with Gasteiger partial charge >= 0.3 is 0 Å². The topological polar surface area (TPSA) is 149 Å². The van der Waals surface area contributed by atoms with Gasteiger partial charge in [-0.1, -0.05) is 321 Å². The van der Waals surface area contributed by atoms with Crippen LogP contribution >= 0.6 is 0 Å². The second-order valence-electron chi connectivity index (χ2n) is 22.9. The van der Waals surface area contributed by atoms with Crippen LogP contribution in [0.25, 0.3) is 0 Å². The summed E-state index contributed by atoms with van der Waals surface area (Å²) in [6.07, 6.45) is 61.6. The summed E-state index contributed by atoms with van der Waals surface area (Å²) in [5, 5.41) is 54.7. The molecular weight excluding hydrogens is 911 g/mol. The van der Waals surface area contributed by atoms with Gasteiger partial charge < -0.3 is 40.3 Å². The lowest BCUT2D eigenvalue weighted by Crippen LogP contribution is -2.60. The first-order chi connectivity index (χ1) is 35.8. The van der Waals surface area contributed by atoms with E-state index < -0.39 is 49.5 Å². The molecule has 9 nitrogen and oxygen atoms in total. The molecule has 1 amide bonds. The Morgan fingerprint density at radius 3 is 1.07 bits per heavy atom. The van der Waals surface area contributed by atoms with Crippen molar-refractivity contribution in [1.82, 2.24) is 5.32 Å². The van der Waals surface area contributed by atoms with E-state index in [2.05, 4.69) is 19.2 Å². The van der Waals surface area contributed by atoms with Gasteiger partial charge in [-0.3, -0.25) is 4.79 Å². The molecule has 1 aliphatic heterocycles. The monoisotopic (exact) mass is 1040 g/mol. The molecule has 1 aliphatic rings. The molecule has 6 N–H and O–H groups in total. The second kappa shape index (κ2) is 54.3. The number of rotatable bonds is 57. The third-order valence-corrected chi connectivity index (χ3v) is 15.9. The molecule has 7 atom stereocenters. The molecule has 1 rings (SSSR count). The van der Waals surface area contributed by atoms with Gasteiger partial charge in [-0.15, -0.1) is 0 Å². The van der Waals surface area contributed by atoms with E-state index in [0.717, 1.165) is 38.5 Å². The van der Waals surface area contributed by atoms with Crippen LogP contribution in [0.5, 0.6) is 0 Å². The van der Waals surface area contributed by atoms with Gasteiger partial charge in [-0.2, -0.15) is 0 Å². The summed E-state index contributed by atoms with van der Waals surface area (Å²) in [6.45, 7) is 3.84. The van der Waals surface area contributed by atoms with Gasteiger partial charge in [0.05, 0.1) is 25.4 Å². The fourth-order valence-electron chi connectivity index (χ4n) is 10.8. The molecule has 0 spiro atoms. The van der Waals surface area contributed by atoms with Crippen LogP contribution in [-0.2, 0) is 14.3 Å². The van der Waals surface area contributed by atoms with Crippen LogP contribution < -0.4 is 5.32 Å². The van der Waals surface area contributed by atoms with Gasteiger partial charge in [0, 0.05) is 6.42 Å². The summed E-state index contributed by atoms with van der Waals surface area (Å²) in [4.78, 5) is 13.1. The van der Waals surface area contributed by atoms with Gasteiger partial charge in [0.25, 0.3) is 0 Å². The molecular formula is C64H125NO8. The van der Waals surface area contributed by atoms with Crippen LogP contribution in [0.15, 0.2) is 12.2 Å². The maximum absolute atomic E-state index is 13.1. The first-order valence-corrected chi connectivity index (χ1v) is 32.4. The van der Waals surface area contributed by atoms with Crippen LogP contribution in [0, 0.1) is 0 Å². The molecule has 434 valence electrons. The van der Waals surface area contributed by atoms with Gasteiger partial charge in [-0.25, -0.2) is 0 Å². The Balaban J connectivity index is 2.15. The lowest BCUT2D eigenvalue weighted by atomic mass is 9.99. The van der Waals surface area contributed by atoms with E-state index in [4.69, 9.17) is 9.47 Å². The number of amides is 1. The van der Waals surface area contributed by atoms with Crippen LogP contribution in [0.4, 0.5) is 0 Å². The lowest BCUT2D eigenvalue weighted by molar-refractivity contribution is -0.302.